The van der Waals surface area contributed by atoms with Gasteiger partial charge in [-0.05, 0) is 58.9 Å². The molecule has 2 N–H and O–H groups in total. The number of phenolic OH excluding ortho intramolecular Hbond substituents is 1. The molecule has 0 spiro atoms. The number of benzene rings is 3. The van der Waals surface area contributed by atoms with Gasteiger partial charge >= 0.3 is 16.2 Å². The number of piperazine rings is 1. The van der Waals surface area contributed by atoms with Crippen LogP contribution >= 0.6 is 0 Å². The summed E-state index contributed by atoms with van der Waals surface area (Å²) in [6.45, 7) is 8.47. The predicted octanol–water partition coefficient (Wildman–Crippen LogP) is 5.10. The Morgan fingerprint density at radius 3 is 2.14 bits per heavy atom. The van der Waals surface area contributed by atoms with Crippen molar-refractivity contribution in [2.45, 2.75) is 64.1 Å². The molecule has 1 saturated heterocycles. The quantitative estimate of drug-likeness (QED) is 0.287. The number of nitrogens with one attached hydrogen (secondary N) is 1. The molecule has 13 nitrogen and oxygen atoms in total. The Morgan fingerprint density at radius 1 is 0.939 bits per heavy atom. The Morgan fingerprint density at radius 2 is 1.57 bits per heavy atom. The molecule has 0 unspecified atom stereocenters. The number of methoxy groups -OCH3 is 4. The number of nitrogens with zero attached hydrogens (tertiary/aromatic N) is 1. The minimum Gasteiger partial charge on any atom is -0.507 e. The van der Waals surface area contributed by atoms with Gasteiger partial charge in [-0.1, -0.05) is 17.7 Å². The number of carbonyl (C=O) groups excluding carboxylic acids is 2. The van der Waals surface area contributed by atoms with Crippen LogP contribution in [0.3, 0.4) is 0 Å². The molecule has 3 aromatic rings. The second kappa shape index (κ2) is 13.4. The maximum Gasteiger partial charge on any atom is 0.411 e. The van der Waals surface area contributed by atoms with Crippen molar-refractivity contribution < 1.29 is 51.0 Å². The van der Waals surface area contributed by atoms with Gasteiger partial charge in [-0.15, -0.1) is 0 Å². The molecule has 2 bridgehead atoms. The van der Waals surface area contributed by atoms with E-state index in [4.69, 9.17) is 27.9 Å². The third-order valence-corrected chi connectivity index (χ3v) is 9.79. The van der Waals surface area contributed by atoms with Crippen LogP contribution in [-0.2, 0) is 26.1 Å². The van der Waals surface area contributed by atoms with E-state index in [0.29, 0.717) is 16.7 Å². The lowest BCUT2D eigenvalue weighted by Crippen LogP contribution is -2.60. The first-order chi connectivity index (χ1) is 23.2. The Kier molecular flexibility index (Phi) is 9.64. The number of hydrogen-bond donors (Lipinski definition) is 2. The van der Waals surface area contributed by atoms with Gasteiger partial charge in [0.1, 0.15) is 22.7 Å². The standard InChI is InChI=1S/C35H40N2O11S/c1-17(2)47-35(40)37-25-16-23-27(33(46-9)32(45-8)19(4)29(23)38)28(37)24(36-34(25)39)14-21-15-26(43-6)31(44-7)20(5)30(21)48-49(41,42)22-12-10-18(3)11-13-22/h10-15,17,25,28,38H,16H2,1-9H3,(H,36,39)/b24-14-/t25-,28-/m0/s1. The van der Waals surface area contributed by atoms with Crippen molar-refractivity contribution in [1.29, 1.82) is 0 Å². The van der Waals surface area contributed by atoms with Crippen LogP contribution in [0.5, 0.6) is 34.5 Å². The van der Waals surface area contributed by atoms with E-state index in [9.17, 15) is 23.1 Å². The van der Waals surface area contributed by atoms with Crippen LogP contribution in [0.1, 0.15) is 53.3 Å². The number of phenols is 1. The van der Waals surface area contributed by atoms with E-state index < -0.39 is 40.3 Å². The van der Waals surface area contributed by atoms with Crippen LogP contribution < -0.4 is 28.4 Å². The molecule has 0 saturated carbocycles. The van der Waals surface area contributed by atoms with Gasteiger partial charge < -0.3 is 38.3 Å². The first-order valence-corrected chi connectivity index (χ1v) is 16.8. The van der Waals surface area contributed by atoms with Crippen LogP contribution in [0.25, 0.3) is 6.08 Å². The summed E-state index contributed by atoms with van der Waals surface area (Å²) in [7, 11) is 1.32. The summed E-state index contributed by atoms with van der Waals surface area (Å²) in [5.74, 6) is 0.188. The van der Waals surface area contributed by atoms with Crippen molar-refractivity contribution in [3.63, 3.8) is 0 Å². The van der Waals surface area contributed by atoms with E-state index in [2.05, 4.69) is 5.32 Å². The van der Waals surface area contributed by atoms with Crippen LogP contribution in [0.4, 0.5) is 4.79 Å². The molecule has 0 radical (unpaired) electrons. The number of rotatable bonds is 9. The van der Waals surface area contributed by atoms with Crippen LogP contribution in [0, 0.1) is 20.8 Å². The number of carbonyl (C=O) groups is 2. The molecule has 2 atom stereocenters. The molecule has 2 aliphatic heterocycles. The highest BCUT2D eigenvalue weighted by atomic mass is 32.2. The van der Waals surface area contributed by atoms with E-state index in [0.717, 1.165) is 5.56 Å². The highest BCUT2D eigenvalue weighted by molar-refractivity contribution is 7.87. The zero-order chi connectivity index (χ0) is 35.9. The van der Waals surface area contributed by atoms with Crippen molar-refractivity contribution in [1.82, 2.24) is 10.2 Å². The maximum atomic E-state index is 13.8. The zero-order valence-electron chi connectivity index (χ0n) is 28.8. The average Bonchev–Trinajstić information content (AvgIpc) is 3.05. The van der Waals surface area contributed by atoms with E-state index >= 15 is 0 Å². The van der Waals surface area contributed by atoms with Crippen LogP contribution in [0.15, 0.2) is 40.9 Å². The highest BCUT2D eigenvalue weighted by Crippen LogP contribution is 2.54. The third kappa shape index (κ3) is 6.16. The third-order valence-electron chi connectivity index (χ3n) is 8.55. The summed E-state index contributed by atoms with van der Waals surface area (Å²) in [6.07, 6.45) is 0.151. The molecular formula is C35H40N2O11S. The second-order valence-corrected chi connectivity index (χ2v) is 13.5. The van der Waals surface area contributed by atoms with Gasteiger partial charge in [0.15, 0.2) is 28.7 Å². The molecule has 1 fully saturated rings. The fraction of sp³-hybridized carbons (Fsp3) is 0.371. The van der Waals surface area contributed by atoms with Gasteiger partial charge in [0.2, 0.25) is 5.91 Å². The Bertz CT molecular complexity index is 1950. The Labute approximate surface area is 285 Å². The summed E-state index contributed by atoms with van der Waals surface area (Å²) < 4.78 is 61.3. The molecule has 2 heterocycles. The van der Waals surface area contributed by atoms with Crippen molar-refractivity contribution >= 4 is 28.2 Å². The summed E-state index contributed by atoms with van der Waals surface area (Å²) in [5.41, 5.74) is 2.60. The number of ether oxygens (including phenoxy) is 5. The van der Waals surface area contributed by atoms with E-state index in [1.165, 1.54) is 57.6 Å². The number of aromatic hydroxyl groups is 1. The lowest BCUT2D eigenvalue weighted by molar-refractivity contribution is -0.129. The van der Waals surface area contributed by atoms with Crippen molar-refractivity contribution in [3.8, 4) is 34.5 Å². The van der Waals surface area contributed by atoms with Gasteiger partial charge in [0, 0.05) is 39.9 Å². The minimum absolute atomic E-state index is 0.0379. The number of fused-ring (bicyclic) bond motifs is 4. The van der Waals surface area contributed by atoms with E-state index in [-0.39, 0.29) is 62.6 Å². The molecule has 2 amide bonds. The molecule has 49 heavy (non-hydrogen) atoms. The normalized spacial score (nSPS) is 17.7. The number of aryl methyl sites for hydroxylation is 1. The Balaban J connectivity index is 1.81. The molecule has 2 aliphatic rings. The minimum atomic E-state index is -4.37. The highest BCUT2D eigenvalue weighted by Gasteiger charge is 2.51. The number of amides is 2. The largest absolute Gasteiger partial charge is 0.507 e. The summed E-state index contributed by atoms with van der Waals surface area (Å²) in [6, 6.07) is 5.52. The first-order valence-electron chi connectivity index (χ1n) is 15.4. The van der Waals surface area contributed by atoms with E-state index in [1.54, 1.807) is 39.8 Å². The van der Waals surface area contributed by atoms with Crippen LogP contribution in [-0.4, -0.2) is 71.0 Å². The summed E-state index contributed by atoms with van der Waals surface area (Å²) in [4.78, 5) is 28.8. The van der Waals surface area contributed by atoms with Gasteiger partial charge in [-0.25, -0.2) is 4.79 Å². The van der Waals surface area contributed by atoms with Crippen molar-refractivity contribution in [2.24, 2.45) is 0 Å². The second-order valence-electron chi connectivity index (χ2n) is 12.0. The fourth-order valence-corrected chi connectivity index (χ4v) is 7.31. The maximum absolute atomic E-state index is 13.8. The van der Waals surface area contributed by atoms with Crippen molar-refractivity contribution in [3.05, 3.63) is 69.4 Å². The molecule has 5 rings (SSSR count). The zero-order valence-corrected chi connectivity index (χ0v) is 29.6. The summed E-state index contributed by atoms with van der Waals surface area (Å²) in [5, 5.41) is 14.3. The number of hydrogen-bond acceptors (Lipinski definition) is 11. The smallest absolute Gasteiger partial charge is 0.411 e. The molecule has 14 heteroatoms. The Hall–Kier alpha value is -5.11. The average molecular weight is 697 g/mol. The predicted molar refractivity (Wildman–Crippen MR) is 179 cm³/mol. The molecule has 0 aromatic heterocycles. The van der Waals surface area contributed by atoms with E-state index in [1.807, 2.05) is 6.92 Å². The monoisotopic (exact) mass is 696 g/mol. The van der Waals surface area contributed by atoms with Gasteiger partial charge in [-0.3, -0.25) is 9.69 Å². The first kappa shape index (κ1) is 35.2. The fourth-order valence-electron chi connectivity index (χ4n) is 6.30. The lowest BCUT2D eigenvalue weighted by atomic mass is 9.81. The van der Waals surface area contributed by atoms with Gasteiger partial charge in [0.05, 0.1) is 34.5 Å². The topological polar surface area (TPSA) is 159 Å². The lowest BCUT2D eigenvalue weighted by Gasteiger charge is -2.47. The van der Waals surface area contributed by atoms with Crippen molar-refractivity contribution in [2.75, 3.05) is 28.4 Å². The molecule has 3 aromatic carbocycles. The SMILES string of the molecule is COc1cc(/C=C2\NC(=O)[C@@H]3Cc4c(O)c(C)c(OC)c(OC)c4[C@H]2N3C(=O)OC(C)C)c(OS(=O)(=O)c2ccc(C)cc2)c(C)c1OC. The van der Waals surface area contributed by atoms with Crippen LogP contribution in [0.2, 0.25) is 0 Å². The molecular weight excluding hydrogens is 656 g/mol. The van der Waals surface area contributed by atoms with Gasteiger partial charge in [0.25, 0.3) is 0 Å². The molecule has 0 aliphatic carbocycles. The van der Waals surface area contributed by atoms with Gasteiger partial charge in [-0.2, -0.15) is 8.42 Å². The summed E-state index contributed by atoms with van der Waals surface area (Å²) >= 11 is 0. The molecule has 262 valence electrons.